The van der Waals surface area contributed by atoms with Gasteiger partial charge in [0.05, 0.1) is 12.8 Å². The van der Waals surface area contributed by atoms with Crippen molar-refractivity contribution in [2.24, 2.45) is 0 Å². The molecule has 0 saturated carbocycles. The molecule has 6 heteroatoms. The van der Waals surface area contributed by atoms with Gasteiger partial charge < -0.3 is 14.3 Å². The van der Waals surface area contributed by atoms with Gasteiger partial charge in [-0.05, 0) is 36.2 Å². The maximum Gasteiger partial charge on any atom is 0.271 e. The molecule has 1 amide bonds. The number of nitrogens with one attached hydrogen (secondary N) is 1. The summed E-state index contributed by atoms with van der Waals surface area (Å²) < 4.78 is 20.7. The smallest absolute Gasteiger partial charge is 0.271 e. The normalized spacial score (nSPS) is 16.4. The summed E-state index contributed by atoms with van der Waals surface area (Å²) in [6.07, 6.45) is 5.02. The van der Waals surface area contributed by atoms with Gasteiger partial charge in [0.25, 0.3) is 5.91 Å². The minimum Gasteiger partial charge on any atom is -0.467 e. The number of aryl methyl sites for hydroxylation is 1. The minimum atomic E-state index is -0.222. The van der Waals surface area contributed by atoms with E-state index in [2.05, 4.69) is 10.3 Å². The van der Waals surface area contributed by atoms with Crippen molar-refractivity contribution in [1.82, 2.24) is 14.9 Å². The van der Waals surface area contributed by atoms with E-state index in [-0.39, 0.29) is 17.6 Å². The third-order valence-electron chi connectivity index (χ3n) is 4.55. The van der Waals surface area contributed by atoms with E-state index in [1.807, 2.05) is 16.7 Å². The Labute approximate surface area is 144 Å². The number of carbonyl (C=O) groups excluding carboxylic acids is 1. The van der Waals surface area contributed by atoms with Crippen molar-refractivity contribution >= 4 is 5.91 Å². The molecular weight excluding hydrogens is 321 g/mol. The molecule has 0 fully saturated rings. The Morgan fingerprint density at radius 1 is 1.36 bits per heavy atom. The third kappa shape index (κ3) is 3.33. The Kier molecular flexibility index (Phi) is 4.09. The molecule has 128 valence electrons. The molecule has 25 heavy (non-hydrogen) atoms. The van der Waals surface area contributed by atoms with Crippen LogP contribution in [0.1, 0.15) is 40.0 Å². The number of furan rings is 1. The van der Waals surface area contributed by atoms with Crippen LogP contribution < -0.4 is 5.32 Å². The lowest BCUT2D eigenvalue weighted by atomic mass is 9.91. The second-order valence-corrected chi connectivity index (χ2v) is 6.25. The molecule has 0 aliphatic carbocycles. The van der Waals surface area contributed by atoms with Crippen molar-refractivity contribution in [3.63, 3.8) is 0 Å². The van der Waals surface area contributed by atoms with Crippen LogP contribution in [0.4, 0.5) is 4.39 Å². The van der Waals surface area contributed by atoms with Gasteiger partial charge in [-0.15, -0.1) is 0 Å². The number of imidazole rings is 1. The second-order valence-electron chi connectivity index (χ2n) is 6.25. The highest BCUT2D eigenvalue weighted by Crippen LogP contribution is 2.29. The molecule has 1 aromatic carbocycles. The lowest BCUT2D eigenvalue weighted by molar-refractivity contribution is 0.0943. The van der Waals surface area contributed by atoms with Crippen LogP contribution in [-0.4, -0.2) is 15.5 Å². The highest BCUT2D eigenvalue weighted by Gasteiger charge is 2.23. The number of carbonyl (C=O) groups is 1. The maximum absolute atomic E-state index is 13.4. The molecule has 0 bridgehead atoms. The molecule has 1 atom stereocenters. The molecule has 2 aromatic heterocycles. The van der Waals surface area contributed by atoms with Crippen LogP contribution in [0.15, 0.2) is 53.3 Å². The average Bonchev–Trinajstić information content (AvgIpc) is 3.28. The van der Waals surface area contributed by atoms with E-state index < -0.39 is 0 Å². The molecule has 1 unspecified atom stereocenters. The monoisotopic (exact) mass is 339 g/mol. The molecular formula is C19H18FN3O2. The van der Waals surface area contributed by atoms with Gasteiger partial charge in [-0.1, -0.05) is 12.1 Å². The SMILES string of the molecule is O=C(NCc1ccco1)c1cn2c(n1)CCC(c1cccc(F)c1)C2. The maximum atomic E-state index is 13.4. The van der Waals surface area contributed by atoms with Gasteiger partial charge in [0.1, 0.15) is 23.1 Å². The second kappa shape index (κ2) is 6.55. The van der Waals surface area contributed by atoms with Gasteiger partial charge in [0, 0.05) is 25.1 Å². The molecule has 0 radical (unpaired) electrons. The number of hydrogen-bond acceptors (Lipinski definition) is 3. The summed E-state index contributed by atoms with van der Waals surface area (Å²) in [6, 6.07) is 10.3. The summed E-state index contributed by atoms with van der Waals surface area (Å²) >= 11 is 0. The van der Waals surface area contributed by atoms with E-state index in [1.165, 1.54) is 6.07 Å². The Morgan fingerprint density at radius 3 is 3.08 bits per heavy atom. The van der Waals surface area contributed by atoms with Crippen LogP contribution >= 0.6 is 0 Å². The fourth-order valence-corrected chi connectivity index (χ4v) is 3.26. The molecule has 0 saturated heterocycles. The first-order valence-electron chi connectivity index (χ1n) is 8.31. The first-order chi connectivity index (χ1) is 12.2. The molecule has 4 rings (SSSR count). The number of aromatic nitrogens is 2. The van der Waals surface area contributed by atoms with Crippen LogP contribution in [0.3, 0.4) is 0 Å². The van der Waals surface area contributed by atoms with E-state index in [1.54, 1.807) is 30.7 Å². The van der Waals surface area contributed by atoms with Gasteiger partial charge in [-0.25, -0.2) is 9.37 Å². The Morgan fingerprint density at radius 2 is 2.28 bits per heavy atom. The molecule has 3 aromatic rings. The zero-order valence-electron chi connectivity index (χ0n) is 13.6. The van der Waals surface area contributed by atoms with E-state index in [0.717, 1.165) is 24.2 Å². The molecule has 1 N–H and O–H groups in total. The van der Waals surface area contributed by atoms with Gasteiger partial charge in [0.2, 0.25) is 0 Å². The average molecular weight is 339 g/mol. The predicted octanol–water partition coefficient (Wildman–Crippen LogP) is 3.28. The number of rotatable bonds is 4. The van der Waals surface area contributed by atoms with Crippen LogP contribution in [-0.2, 0) is 19.5 Å². The molecule has 5 nitrogen and oxygen atoms in total. The van der Waals surface area contributed by atoms with E-state index >= 15 is 0 Å². The summed E-state index contributed by atoms with van der Waals surface area (Å²) in [7, 11) is 0. The molecule has 0 spiro atoms. The van der Waals surface area contributed by atoms with Crippen molar-refractivity contribution in [2.75, 3.05) is 0 Å². The quantitative estimate of drug-likeness (QED) is 0.793. The van der Waals surface area contributed by atoms with Crippen molar-refractivity contribution in [1.29, 1.82) is 0 Å². The van der Waals surface area contributed by atoms with Crippen LogP contribution in [0.5, 0.6) is 0 Å². The summed E-state index contributed by atoms with van der Waals surface area (Å²) in [5.74, 6) is 1.39. The van der Waals surface area contributed by atoms with Gasteiger partial charge in [-0.3, -0.25) is 4.79 Å². The minimum absolute atomic E-state index is 0.216. The summed E-state index contributed by atoms with van der Waals surface area (Å²) in [6.45, 7) is 1.04. The van der Waals surface area contributed by atoms with Gasteiger partial charge in [-0.2, -0.15) is 0 Å². The number of hydrogen-bond donors (Lipinski definition) is 1. The lowest BCUT2D eigenvalue weighted by Gasteiger charge is -2.24. The third-order valence-corrected chi connectivity index (χ3v) is 4.55. The summed E-state index contributed by atoms with van der Waals surface area (Å²) in [5.41, 5.74) is 1.39. The van der Waals surface area contributed by atoms with E-state index in [9.17, 15) is 9.18 Å². The Bertz CT molecular complexity index is 886. The van der Waals surface area contributed by atoms with Crippen molar-refractivity contribution in [3.8, 4) is 0 Å². The summed E-state index contributed by atoms with van der Waals surface area (Å²) in [4.78, 5) is 16.7. The molecule has 1 aliphatic rings. The topological polar surface area (TPSA) is 60.1 Å². The molecule has 1 aliphatic heterocycles. The van der Waals surface area contributed by atoms with Crippen LogP contribution in [0.25, 0.3) is 0 Å². The summed E-state index contributed by atoms with van der Waals surface area (Å²) in [5, 5.41) is 2.80. The van der Waals surface area contributed by atoms with Crippen molar-refractivity contribution < 1.29 is 13.6 Å². The van der Waals surface area contributed by atoms with Gasteiger partial charge in [0.15, 0.2) is 0 Å². The number of fused-ring (bicyclic) bond motifs is 1. The predicted molar refractivity (Wildman–Crippen MR) is 89.6 cm³/mol. The Hall–Kier alpha value is -2.89. The number of nitrogens with zero attached hydrogens (tertiary/aromatic N) is 2. The fourth-order valence-electron chi connectivity index (χ4n) is 3.26. The van der Waals surface area contributed by atoms with Crippen molar-refractivity contribution in [2.45, 2.75) is 31.8 Å². The highest BCUT2D eigenvalue weighted by molar-refractivity contribution is 5.92. The Balaban J connectivity index is 1.46. The van der Waals surface area contributed by atoms with E-state index in [0.29, 0.717) is 24.5 Å². The largest absolute Gasteiger partial charge is 0.467 e. The number of benzene rings is 1. The number of halogens is 1. The highest BCUT2D eigenvalue weighted by atomic mass is 19.1. The lowest BCUT2D eigenvalue weighted by Crippen LogP contribution is -2.22. The van der Waals surface area contributed by atoms with Crippen LogP contribution in [0.2, 0.25) is 0 Å². The first-order valence-corrected chi connectivity index (χ1v) is 8.31. The number of amides is 1. The molecule has 3 heterocycles. The van der Waals surface area contributed by atoms with E-state index in [4.69, 9.17) is 4.42 Å². The van der Waals surface area contributed by atoms with Crippen molar-refractivity contribution in [3.05, 3.63) is 77.5 Å². The van der Waals surface area contributed by atoms with Gasteiger partial charge >= 0.3 is 0 Å². The zero-order valence-corrected chi connectivity index (χ0v) is 13.6. The van der Waals surface area contributed by atoms with Crippen LogP contribution in [0, 0.1) is 5.82 Å². The fraction of sp³-hybridized carbons (Fsp3) is 0.263. The first kappa shape index (κ1) is 15.6. The zero-order chi connectivity index (χ0) is 17.2. The standard InChI is InChI=1S/C19H18FN3O2/c20-15-4-1-3-13(9-15)14-6-7-18-22-17(12-23(18)11-14)19(24)21-10-16-5-2-8-25-16/h1-5,8-9,12,14H,6-7,10-11H2,(H,21,24).